The first-order chi connectivity index (χ1) is 15.0. The summed E-state index contributed by atoms with van der Waals surface area (Å²) in [5.74, 6) is 1.39. The number of carbonyl (C=O) groups excluding carboxylic acids is 2. The summed E-state index contributed by atoms with van der Waals surface area (Å²) in [7, 11) is 3.15. The van der Waals surface area contributed by atoms with Crippen LogP contribution in [-0.2, 0) is 20.9 Å². The molecule has 0 unspecified atom stereocenters. The van der Waals surface area contributed by atoms with Gasteiger partial charge in [0.2, 0.25) is 5.91 Å². The van der Waals surface area contributed by atoms with Crippen molar-refractivity contribution in [2.45, 2.75) is 25.8 Å². The number of esters is 1. The largest absolute Gasteiger partial charge is 0.497 e. The zero-order valence-electron chi connectivity index (χ0n) is 17.8. The number of aromatic nitrogens is 2. The second kappa shape index (κ2) is 8.67. The zero-order chi connectivity index (χ0) is 22.0. The molecule has 0 aliphatic carbocycles. The summed E-state index contributed by atoms with van der Waals surface area (Å²) in [6.45, 7) is 2.57. The second-order valence-corrected chi connectivity index (χ2v) is 7.29. The summed E-state index contributed by atoms with van der Waals surface area (Å²) in [6.07, 6.45) is 0.284. The quantitative estimate of drug-likeness (QED) is 0.543. The van der Waals surface area contributed by atoms with E-state index in [9.17, 15) is 9.59 Å². The number of hydrogen-bond donors (Lipinski definition) is 0. The molecular weight excluding hydrogens is 398 g/mol. The second-order valence-electron chi connectivity index (χ2n) is 7.29. The predicted octanol–water partition coefficient (Wildman–Crippen LogP) is 3.14. The first-order valence-corrected chi connectivity index (χ1v) is 10.2. The lowest BCUT2D eigenvalue weighted by Crippen LogP contribution is -2.25. The standard InChI is InChI=1S/C23H25N3O5/c1-4-31-22(28)14-26-18-8-6-5-7-17(18)24-23(26)15-11-21(27)25(13-15)19-12-16(29-2)9-10-20(19)30-3/h5-10,12,15H,4,11,13-14H2,1-3H3/t15-/m1/s1. The van der Waals surface area contributed by atoms with E-state index < -0.39 is 0 Å². The fraction of sp³-hybridized carbons (Fsp3) is 0.348. The lowest BCUT2D eigenvalue weighted by Gasteiger charge is -2.20. The van der Waals surface area contributed by atoms with Crippen molar-refractivity contribution in [3.05, 3.63) is 48.3 Å². The topological polar surface area (TPSA) is 82.9 Å². The molecule has 1 aromatic heterocycles. The maximum Gasteiger partial charge on any atom is 0.326 e. The minimum Gasteiger partial charge on any atom is -0.497 e. The molecule has 8 nitrogen and oxygen atoms in total. The molecule has 1 atom stereocenters. The predicted molar refractivity (Wildman–Crippen MR) is 116 cm³/mol. The molecule has 2 aromatic carbocycles. The van der Waals surface area contributed by atoms with Crippen LogP contribution in [0.4, 0.5) is 5.69 Å². The Morgan fingerprint density at radius 3 is 2.71 bits per heavy atom. The van der Waals surface area contributed by atoms with E-state index in [4.69, 9.17) is 19.2 Å². The van der Waals surface area contributed by atoms with Crippen LogP contribution in [0.15, 0.2) is 42.5 Å². The molecule has 2 heterocycles. The van der Waals surface area contributed by atoms with Gasteiger partial charge in [0.15, 0.2) is 0 Å². The number of ether oxygens (including phenoxy) is 3. The Labute approximate surface area is 180 Å². The highest BCUT2D eigenvalue weighted by Crippen LogP contribution is 2.39. The van der Waals surface area contributed by atoms with Crippen molar-refractivity contribution >= 4 is 28.6 Å². The molecule has 1 amide bonds. The maximum atomic E-state index is 13.0. The Balaban J connectivity index is 1.70. The lowest BCUT2D eigenvalue weighted by atomic mass is 10.1. The summed E-state index contributed by atoms with van der Waals surface area (Å²) >= 11 is 0. The number of nitrogens with zero attached hydrogens (tertiary/aromatic N) is 3. The molecule has 1 saturated heterocycles. The van der Waals surface area contributed by atoms with Gasteiger partial charge in [-0.3, -0.25) is 9.59 Å². The molecule has 1 aliphatic rings. The summed E-state index contributed by atoms with van der Waals surface area (Å²) in [5.41, 5.74) is 2.28. The fourth-order valence-corrected chi connectivity index (χ4v) is 4.03. The van der Waals surface area contributed by atoms with Crippen LogP contribution in [0.3, 0.4) is 0 Å². The number of fused-ring (bicyclic) bond motifs is 1. The maximum absolute atomic E-state index is 13.0. The number of imidazole rings is 1. The van der Waals surface area contributed by atoms with Gasteiger partial charge in [0, 0.05) is 24.9 Å². The molecule has 31 heavy (non-hydrogen) atoms. The molecule has 162 valence electrons. The highest BCUT2D eigenvalue weighted by atomic mass is 16.5. The van der Waals surface area contributed by atoms with E-state index in [0.717, 1.165) is 11.0 Å². The number of carbonyl (C=O) groups is 2. The smallest absolute Gasteiger partial charge is 0.326 e. The van der Waals surface area contributed by atoms with E-state index in [1.54, 1.807) is 44.2 Å². The number of methoxy groups -OCH3 is 2. The minimum absolute atomic E-state index is 0.0358. The van der Waals surface area contributed by atoms with Crippen LogP contribution in [0.2, 0.25) is 0 Å². The molecule has 4 rings (SSSR count). The van der Waals surface area contributed by atoms with Gasteiger partial charge in [-0.2, -0.15) is 0 Å². The third-order valence-corrected chi connectivity index (χ3v) is 5.44. The average Bonchev–Trinajstić information content (AvgIpc) is 3.34. The summed E-state index contributed by atoms with van der Waals surface area (Å²) in [4.78, 5) is 31.7. The van der Waals surface area contributed by atoms with E-state index in [1.165, 1.54) is 0 Å². The number of amides is 1. The normalized spacial score (nSPS) is 16.0. The van der Waals surface area contributed by atoms with Crippen molar-refractivity contribution in [3.8, 4) is 11.5 Å². The van der Waals surface area contributed by atoms with Crippen LogP contribution in [0.5, 0.6) is 11.5 Å². The zero-order valence-corrected chi connectivity index (χ0v) is 17.8. The van der Waals surface area contributed by atoms with E-state index in [0.29, 0.717) is 36.2 Å². The first kappa shape index (κ1) is 20.7. The third kappa shape index (κ3) is 3.93. The summed E-state index contributed by atoms with van der Waals surface area (Å²) < 4.78 is 17.8. The molecule has 0 N–H and O–H groups in total. The Hall–Kier alpha value is -3.55. The van der Waals surface area contributed by atoms with Crippen LogP contribution in [0.25, 0.3) is 11.0 Å². The molecule has 8 heteroatoms. The van der Waals surface area contributed by atoms with Crippen LogP contribution in [0.1, 0.15) is 25.1 Å². The fourth-order valence-electron chi connectivity index (χ4n) is 4.03. The van der Waals surface area contributed by atoms with Gasteiger partial charge in [0.05, 0.1) is 37.5 Å². The molecule has 1 aliphatic heterocycles. The Bertz CT molecular complexity index is 1120. The number of rotatable bonds is 7. The minimum atomic E-state index is -0.331. The Morgan fingerprint density at radius 2 is 1.97 bits per heavy atom. The van der Waals surface area contributed by atoms with Crippen molar-refractivity contribution in [1.82, 2.24) is 9.55 Å². The molecule has 0 spiro atoms. The monoisotopic (exact) mass is 423 g/mol. The van der Waals surface area contributed by atoms with Crippen molar-refractivity contribution in [3.63, 3.8) is 0 Å². The first-order valence-electron chi connectivity index (χ1n) is 10.2. The molecule has 1 fully saturated rings. The van der Waals surface area contributed by atoms with Gasteiger partial charge >= 0.3 is 5.97 Å². The van der Waals surface area contributed by atoms with Crippen LogP contribution in [0, 0.1) is 0 Å². The average molecular weight is 423 g/mol. The number of anilines is 1. The molecule has 0 bridgehead atoms. The number of para-hydroxylation sites is 2. The Kier molecular flexibility index (Phi) is 5.79. The van der Waals surface area contributed by atoms with E-state index in [2.05, 4.69) is 0 Å². The van der Waals surface area contributed by atoms with Crippen molar-refractivity contribution in [2.24, 2.45) is 0 Å². The van der Waals surface area contributed by atoms with Crippen LogP contribution < -0.4 is 14.4 Å². The van der Waals surface area contributed by atoms with Gasteiger partial charge in [0.1, 0.15) is 23.9 Å². The molecule has 0 radical (unpaired) electrons. The van der Waals surface area contributed by atoms with Gasteiger partial charge < -0.3 is 23.7 Å². The van der Waals surface area contributed by atoms with Crippen molar-refractivity contribution in [1.29, 1.82) is 0 Å². The van der Waals surface area contributed by atoms with Gasteiger partial charge in [-0.15, -0.1) is 0 Å². The summed E-state index contributed by atoms with van der Waals surface area (Å²) in [5, 5.41) is 0. The van der Waals surface area contributed by atoms with Gasteiger partial charge in [0.25, 0.3) is 0 Å². The molecule has 3 aromatic rings. The van der Waals surface area contributed by atoms with Crippen LogP contribution >= 0.6 is 0 Å². The Morgan fingerprint density at radius 1 is 1.16 bits per heavy atom. The molecule has 0 saturated carbocycles. The molecular formula is C23H25N3O5. The number of benzene rings is 2. The van der Waals surface area contributed by atoms with Gasteiger partial charge in [-0.05, 0) is 31.2 Å². The van der Waals surface area contributed by atoms with Gasteiger partial charge in [-0.25, -0.2) is 4.98 Å². The van der Waals surface area contributed by atoms with Crippen molar-refractivity contribution < 1.29 is 23.8 Å². The third-order valence-electron chi connectivity index (χ3n) is 5.44. The van der Waals surface area contributed by atoms with E-state index in [-0.39, 0.29) is 30.8 Å². The van der Waals surface area contributed by atoms with Crippen molar-refractivity contribution in [2.75, 3.05) is 32.3 Å². The summed E-state index contributed by atoms with van der Waals surface area (Å²) in [6, 6.07) is 13.0. The van der Waals surface area contributed by atoms with E-state index in [1.807, 2.05) is 28.8 Å². The highest BCUT2D eigenvalue weighted by molar-refractivity contribution is 5.98. The highest BCUT2D eigenvalue weighted by Gasteiger charge is 2.36. The number of hydrogen-bond acceptors (Lipinski definition) is 6. The van der Waals surface area contributed by atoms with E-state index >= 15 is 0 Å². The SMILES string of the molecule is CCOC(=O)Cn1c([C@@H]2CC(=O)N(c3cc(OC)ccc3OC)C2)nc2ccccc21. The lowest BCUT2D eigenvalue weighted by molar-refractivity contribution is -0.143. The van der Waals surface area contributed by atoms with Crippen LogP contribution in [-0.4, -0.2) is 48.8 Å². The van der Waals surface area contributed by atoms with Gasteiger partial charge in [-0.1, -0.05) is 12.1 Å².